The Labute approximate surface area is 65.4 Å². The molecular formula is C7H9ClN2. The van der Waals surface area contributed by atoms with Gasteiger partial charge in [-0.05, 0) is 12.1 Å². The van der Waals surface area contributed by atoms with Crippen molar-refractivity contribution >= 4 is 17.4 Å². The SMILES string of the molecule is CN(C)c1ccc(Cl)cn1. The molecule has 0 fully saturated rings. The van der Waals surface area contributed by atoms with Crippen molar-refractivity contribution in [2.45, 2.75) is 0 Å². The summed E-state index contributed by atoms with van der Waals surface area (Å²) in [5, 5.41) is 0.672. The maximum Gasteiger partial charge on any atom is 0.128 e. The third-order valence-corrected chi connectivity index (χ3v) is 1.39. The van der Waals surface area contributed by atoms with Crippen molar-refractivity contribution in [3.63, 3.8) is 0 Å². The number of hydrogen-bond acceptors (Lipinski definition) is 2. The lowest BCUT2D eigenvalue weighted by molar-refractivity contribution is 1.07. The summed E-state index contributed by atoms with van der Waals surface area (Å²) < 4.78 is 0. The van der Waals surface area contributed by atoms with Crippen LogP contribution in [0.15, 0.2) is 18.3 Å². The van der Waals surface area contributed by atoms with Gasteiger partial charge in [0.2, 0.25) is 0 Å². The Bertz CT molecular complexity index is 205. The predicted octanol–water partition coefficient (Wildman–Crippen LogP) is 1.80. The maximum atomic E-state index is 5.64. The number of nitrogens with zero attached hydrogens (tertiary/aromatic N) is 2. The van der Waals surface area contributed by atoms with Crippen molar-refractivity contribution in [3.05, 3.63) is 23.4 Å². The zero-order chi connectivity index (χ0) is 7.56. The minimum absolute atomic E-state index is 0.672. The average Bonchev–Trinajstić information content (AvgIpc) is 1.88. The molecule has 1 rings (SSSR count). The highest BCUT2D eigenvalue weighted by molar-refractivity contribution is 6.30. The van der Waals surface area contributed by atoms with E-state index in [1.54, 1.807) is 6.20 Å². The second-order valence-electron chi connectivity index (χ2n) is 2.23. The molecule has 0 aliphatic carbocycles. The predicted molar refractivity (Wildman–Crippen MR) is 43.6 cm³/mol. The van der Waals surface area contributed by atoms with Crippen LogP contribution in [0.2, 0.25) is 5.02 Å². The molecule has 0 aliphatic rings. The second-order valence-corrected chi connectivity index (χ2v) is 2.67. The number of hydrogen-bond donors (Lipinski definition) is 0. The topological polar surface area (TPSA) is 16.1 Å². The van der Waals surface area contributed by atoms with Gasteiger partial charge in [0.1, 0.15) is 5.82 Å². The smallest absolute Gasteiger partial charge is 0.128 e. The standard InChI is InChI=1S/C7H9ClN2/c1-10(2)7-4-3-6(8)5-9-7/h3-5H,1-2H3. The van der Waals surface area contributed by atoms with Gasteiger partial charge in [0.15, 0.2) is 0 Å². The van der Waals surface area contributed by atoms with Crippen molar-refractivity contribution in [2.24, 2.45) is 0 Å². The molecule has 0 aliphatic heterocycles. The number of anilines is 1. The summed E-state index contributed by atoms with van der Waals surface area (Å²) in [4.78, 5) is 6.00. The average molecular weight is 157 g/mol. The van der Waals surface area contributed by atoms with E-state index < -0.39 is 0 Å². The minimum Gasteiger partial charge on any atom is -0.363 e. The van der Waals surface area contributed by atoms with Crippen LogP contribution in [0.3, 0.4) is 0 Å². The summed E-state index contributed by atoms with van der Waals surface area (Å²) in [6, 6.07) is 3.70. The zero-order valence-electron chi connectivity index (χ0n) is 6.00. The van der Waals surface area contributed by atoms with Gasteiger partial charge in [-0.1, -0.05) is 11.6 Å². The van der Waals surface area contributed by atoms with Crippen LogP contribution >= 0.6 is 11.6 Å². The van der Waals surface area contributed by atoms with E-state index in [0.29, 0.717) is 5.02 Å². The van der Waals surface area contributed by atoms with Crippen LogP contribution < -0.4 is 4.90 Å². The first kappa shape index (κ1) is 7.35. The molecule has 0 amide bonds. The summed E-state index contributed by atoms with van der Waals surface area (Å²) in [5.41, 5.74) is 0. The Morgan fingerprint density at radius 2 is 2.10 bits per heavy atom. The van der Waals surface area contributed by atoms with Gasteiger partial charge in [-0.2, -0.15) is 0 Å². The molecule has 0 saturated heterocycles. The quantitative estimate of drug-likeness (QED) is 0.617. The fraction of sp³-hybridized carbons (Fsp3) is 0.286. The molecule has 0 radical (unpaired) electrons. The van der Waals surface area contributed by atoms with Crippen molar-refractivity contribution in [1.29, 1.82) is 0 Å². The van der Waals surface area contributed by atoms with Crippen LogP contribution in [-0.4, -0.2) is 19.1 Å². The first-order valence-electron chi connectivity index (χ1n) is 2.99. The van der Waals surface area contributed by atoms with E-state index in [9.17, 15) is 0 Å². The van der Waals surface area contributed by atoms with E-state index in [-0.39, 0.29) is 0 Å². The molecule has 0 atom stereocenters. The molecule has 0 saturated carbocycles. The van der Waals surface area contributed by atoms with Crippen LogP contribution in [0.25, 0.3) is 0 Å². The molecule has 54 valence electrons. The van der Waals surface area contributed by atoms with Gasteiger partial charge in [-0.15, -0.1) is 0 Å². The lowest BCUT2D eigenvalue weighted by Gasteiger charge is -2.09. The molecule has 0 spiro atoms. The van der Waals surface area contributed by atoms with E-state index in [1.807, 2.05) is 31.1 Å². The summed E-state index contributed by atoms with van der Waals surface area (Å²) in [5.74, 6) is 0.921. The van der Waals surface area contributed by atoms with Gasteiger partial charge in [0.25, 0.3) is 0 Å². The third-order valence-electron chi connectivity index (χ3n) is 1.17. The van der Waals surface area contributed by atoms with Crippen LogP contribution in [-0.2, 0) is 0 Å². The Morgan fingerprint density at radius 3 is 2.50 bits per heavy atom. The van der Waals surface area contributed by atoms with E-state index >= 15 is 0 Å². The lowest BCUT2D eigenvalue weighted by atomic mass is 10.4. The van der Waals surface area contributed by atoms with Crippen LogP contribution in [0.5, 0.6) is 0 Å². The molecule has 1 aromatic rings. The van der Waals surface area contributed by atoms with Crippen LogP contribution in [0, 0.1) is 0 Å². The Balaban J connectivity index is 2.89. The first-order valence-corrected chi connectivity index (χ1v) is 3.37. The van der Waals surface area contributed by atoms with Crippen molar-refractivity contribution in [3.8, 4) is 0 Å². The molecule has 1 aromatic heterocycles. The van der Waals surface area contributed by atoms with Gasteiger partial charge < -0.3 is 4.90 Å². The second kappa shape index (κ2) is 2.88. The fourth-order valence-corrected chi connectivity index (χ4v) is 0.744. The van der Waals surface area contributed by atoms with Gasteiger partial charge >= 0.3 is 0 Å². The molecule has 0 aromatic carbocycles. The van der Waals surface area contributed by atoms with Crippen LogP contribution in [0.1, 0.15) is 0 Å². The van der Waals surface area contributed by atoms with Gasteiger partial charge in [0, 0.05) is 20.3 Å². The van der Waals surface area contributed by atoms with Gasteiger partial charge in [-0.25, -0.2) is 4.98 Å². The number of aromatic nitrogens is 1. The van der Waals surface area contributed by atoms with Gasteiger partial charge in [0.05, 0.1) is 5.02 Å². The highest BCUT2D eigenvalue weighted by atomic mass is 35.5. The van der Waals surface area contributed by atoms with E-state index in [2.05, 4.69) is 4.98 Å². The molecule has 3 heteroatoms. The van der Waals surface area contributed by atoms with Crippen molar-refractivity contribution < 1.29 is 0 Å². The van der Waals surface area contributed by atoms with Crippen LogP contribution in [0.4, 0.5) is 5.82 Å². The largest absolute Gasteiger partial charge is 0.363 e. The molecule has 1 heterocycles. The summed E-state index contributed by atoms with van der Waals surface area (Å²) in [6.07, 6.45) is 1.64. The molecule has 0 unspecified atom stereocenters. The highest BCUT2D eigenvalue weighted by Crippen LogP contribution is 2.10. The summed E-state index contributed by atoms with van der Waals surface area (Å²) in [6.45, 7) is 0. The lowest BCUT2D eigenvalue weighted by Crippen LogP contribution is -2.09. The van der Waals surface area contributed by atoms with Gasteiger partial charge in [-0.3, -0.25) is 0 Å². The number of pyridine rings is 1. The first-order chi connectivity index (χ1) is 4.70. The monoisotopic (exact) mass is 156 g/mol. The van der Waals surface area contributed by atoms with E-state index in [0.717, 1.165) is 5.82 Å². The molecule has 0 bridgehead atoms. The van der Waals surface area contributed by atoms with E-state index in [1.165, 1.54) is 0 Å². The van der Waals surface area contributed by atoms with Crippen molar-refractivity contribution in [1.82, 2.24) is 4.98 Å². The number of rotatable bonds is 1. The number of halogens is 1. The fourth-order valence-electron chi connectivity index (χ4n) is 0.633. The Morgan fingerprint density at radius 1 is 1.40 bits per heavy atom. The molecule has 0 N–H and O–H groups in total. The maximum absolute atomic E-state index is 5.64. The highest BCUT2D eigenvalue weighted by Gasteiger charge is 1.93. The zero-order valence-corrected chi connectivity index (χ0v) is 6.76. The summed E-state index contributed by atoms with van der Waals surface area (Å²) >= 11 is 5.64. The molecular weight excluding hydrogens is 148 g/mol. The Kier molecular flexibility index (Phi) is 2.12. The van der Waals surface area contributed by atoms with Crippen molar-refractivity contribution in [2.75, 3.05) is 19.0 Å². The molecule has 2 nitrogen and oxygen atoms in total. The molecule has 10 heavy (non-hydrogen) atoms. The minimum atomic E-state index is 0.672. The summed E-state index contributed by atoms with van der Waals surface area (Å²) in [7, 11) is 3.88. The third kappa shape index (κ3) is 1.61. The normalized spacial score (nSPS) is 9.50. The Hall–Kier alpha value is -0.760. The van der Waals surface area contributed by atoms with E-state index in [4.69, 9.17) is 11.6 Å².